The number of carbonyl (C=O) groups excluding carboxylic acids is 1. The molecule has 0 N–H and O–H groups in total. The van der Waals surface area contributed by atoms with Gasteiger partial charge in [-0.05, 0) is 24.6 Å². The molecule has 0 aliphatic rings. The van der Waals surface area contributed by atoms with E-state index in [1.807, 2.05) is 0 Å². The number of likely N-dealkylation sites (N-methyl/N-ethyl adjacent to an activating group) is 1. The average molecular weight is 306 g/mol. The second-order valence-electron chi connectivity index (χ2n) is 3.87. The molecule has 0 amide bonds. The molecule has 1 aromatic rings. The fourth-order valence-electron chi connectivity index (χ4n) is 1.58. The van der Waals surface area contributed by atoms with Crippen LogP contribution in [0.3, 0.4) is 0 Å². The normalized spacial score (nSPS) is 11.6. The van der Waals surface area contributed by atoms with E-state index in [0.29, 0.717) is 10.6 Å². The molecule has 0 saturated carbocycles. The quantitative estimate of drug-likeness (QED) is 0.779. The van der Waals surface area contributed by atoms with E-state index in [0.717, 1.165) is 4.31 Å². The molecule has 5 nitrogen and oxygen atoms in total. The van der Waals surface area contributed by atoms with Gasteiger partial charge < -0.3 is 4.74 Å². The molecule has 1 aromatic carbocycles. The summed E-state index contributed by atoms with van der Waals surface area (Å²) in [6, 6.07) is 4.65. The Bertz CT molecular complexity index is 571. The van der Waals surface area contributed by atoms with Crippen LogP contribution < -0.4 is 0 Å². The topological polar surface area (TPSA) is 63.7 Å². The number of nitrogens with zero attached hydrogens (tertiary/aromatic N) is 1. The second-order valence-corrected chi connectivity index (χ2v) is 6.18. The van der Waals surface area contributed by atoms with Gasteiger partial charge in [-0.25, -0.2) is 8.42 Å². The van der Waals surface area contributed by atoms with Crippen molar-refractivity contribution in [3.63, 3.8) is 0 Å². The maximum atomic E-state index is 12.4. The van der Waals surface area contributed by atoms with Gasteiger partial charge in [0.05, 0.1) is 12.0 Å². The van der Waals surface area contributed by atoms with Crippen molar-refractivity contribution >= 4 is 27.6 Å². The molecular weight excluding hydrogens is 290 g/mol. The third kappa shape index (κ3) is 3.46. The Morgan fingerprint density at radius 1 is 1.42 bits per heavy atom. The molecule has 0 bridgehead atoms. The maximum Gasteiger partial charge on any atom is 0.321 e. The molecule has 0 radical (unpaired) electrons. The molecule has 0 atom stereocenters. The molecule has 19 heavy (non-hydrogen) atoms. The largest absolute Gasteiger partial charge is 0.468 e. The molecular formula is C12H16ClNO4S. The number of sulfonamides is 1. The third-order valence-electron chi connectivity index (χ3n) is 2.72. The number of rotatable bonds is 5. The van der Waals surface area contributed by atoms with Crippen molar-refractivity contribution in [1.29, 1.82) is 0 Å². The van der Waals surface area contributed by atoms with Crippen LogP contribution in [0.15, 0.2) is 23.1 Å². The van der Waals surface area contributed by atoms with E-state index in [-0.39, 0.29) is 18.0 Å². The molecule has 0 saturated heterocycles. The van der Waals surface area contributed by atoms with E-state index in [4.69, 9.17) is 11.6 Å². The molecule has 106 valence electrons. The van der Waals surface area contributed by atoms with Crippen LogP contribution in [0.25, 0.3) is 0 Å². The minimum atomic E-state index is -3.76. The van der Waals surface area contributed by atoms with E-state index in [1.165, 1.54) is 13.2 Å². The van der Waals surface area contributed by atoms with Gasteiger partial charge in [0.1, 0.15) is 6.54 Å². The second kappa shape index (κ2) is 6.36. The van der Waals surface area contributed by atoms with Gasteiger partial charge in [-0.15, -0.1) is 0 Å². The summed E-state index contributed by atoms with van der Waals surface area (Å²) >= 11 is 5.93. The minimum Gasteiger partial charge on any atom is -0.468 e. The van der Waals surface area contributed by atoms with Crippen molar-refractivity contribution in [2.24, 2.45) is 0 Å². The molecule has 0 fully saturated rings. The van der Waals surface area contributed by atoms with Gasteiger partial charge >= 0.3 is 5.97 Å². The van der Waals surface area contributed by atoms with Gasteiger partial charge in [-0.3, -0.25) is 4.79 Å². The highest BCUT2D eigenvalue weighted by Crippen LogP contribution is 2.25. The molecule has 7 heteroatoms. The monoisotopic (exact) mass is 305 g/mol. The Hall–Kier alpha value is -1.11. The number of hydrogen-bond acceptors (Lipinski definition) is 4. The van der Waals surface area contributed by atoms with E-state index in [1.54, 1.807) is 26.0 Å². The summed E-state index contributed by atoms with van der Waals surface area (Å²) in [7, 11) is -2.55. The number of ether oxygens (including phenoxy) is 1. The van der Waals surface area contributed by atoms with Crippen LogP contribution in [0.1, 0.15) is 12.5 Å². The smallest absolute Gasteiger partial charge is 0.321 e. The fourth-order valence-corrected chi connectivity index (χ4v) is 3.45. The van der Waals surface area contributed by atoms with Gasteiger partial charge in [0.2, 0.25) is 10.0 Å². The van der Waals surface area contributed by atoms with Crippen molar-refractivity contribution in [3.05, 3.63) is 28.8 Å². The lowest BCUT2D eigenvalue weighted by atomic mass is 10.2. The number of halogens is 1. The zero-order valence-electron chi connectivity index (χ0n) is 11.0. The average Bonchev–Trinajstić information content (AvgIpc) is 2.38. The number of hydrogen-bond donors (Lipinski definition) is 0. The van der Waals surface area contributed by atoms with E-state index in [9.17, 15) is 13.2 Å². The molecule has 0 unspecified atom stereocenters. The number of esters is 1. The van der Waals surface area contributed by atoms with Crippen LogP contribution in [0.4, 0.5) is 0 Å². The molecule has 1 rings (SSSR count). The highest BCUT2D eigenvalue weighted by Gasteiger charge is 2.27. The Kier molecular flexibility index (Phi) is 5.34. The van der Waals surface area contributed by atoms with E-state index < -0.39 is 16.0 Å². The van der Waals surface area contributed by atoms with Crippen molar-refractivity contribution in [1.82, 2.24) is 4.31 Å². The summed E-state index contributed by atoms with van der Waals surface area (Å²) in [5, 5.41) is 0.371. The highest BCUT2D eigenvalue weighted by atomic mass is 35.5. The Morgan fingerprint density at radius 2 is 2.05 bits per heavy atom. The Labute approximate surface area is 118 Å². The minimum absolute atomic E-state index is 0.103. The van der Waals surface area contributed by atoms with Gasteiger partial charge in [0.25, 0.3) is 0 Å². The van der Waals surface area contributed by atoms with Crippen LogP contribution in [-0.4, -0.2) is 38.9 Å². The van der Waals surface area contributed by atoms with E-state index in [2.05, 4.69) is 4.74 Å². The first-order valence-electron chi connectivity index (χ1n) is 5.66. The number of carbonyl (C=O) groups is 1. The van der Waals surface area contributed by atoms with Crippen LogP contribution in [-0.2, 0) is 19.6 Å². The number of benzene rings is 1. The molecule has 0 aliphatic carbocycles. The first-order chi connectivity index (χ1) is 8.84. The zero-order chi connectivity index (χ0) is 14.6. The van der Waals surface area contributed by atoms with Gasteiger partial charge in [0, 0.05) is 11.6 Å². The standard InChI is InChI=1S/C12H16ClNO4S/c1-4-14(8-12(15)18-3)19(16,17)11-7-5-6-10(13)9(11)2/h5-7H,4,8H2,1-3H3. The number of methoxy groups -OCH3 is 1. The van der Waals surface area contributed by atoms with Crippen molar-refractivity contribution < 1.29 is 17.9 Å². The molecule has 0 heterocycles. The summed E-state index contributed by atoms with van der Waals surface area (Å²) in [5.41, 5.74) is 0.465. The Balaban J connectivity index is 3.21. The van der Waals surface area contributed by atoms with Gasteiger partial charge in [-0.2, -0.15) is 4.31 Å². The lowest BCUT2D eigenvalue weighted by Gasteiger charge is -2.20. The molecule has 0 spiro atoms. The van der Waals surface area contributed by atoms with Crippen molar-refractivity contribution in [3.8, 4) is 0 Å². The van der Waals surface area contributed by atoms with Crippen LogP contribution in [0, 0.1) is 6.92 Å². The van der Waals surface area contributed by atoms with Gasteiger partial charge in [-0.1, -0.05) is 24.6 Å². The van der Waals surface area contributed by atoms with Crippen molar-refractivity contribution in [2.45, 2.75) is 18.7 Å². The first-order valence-corrected chi connectivity index (χ1v) is 7.48. The molecule has 0 aromatic heterocycles. The predicted octanol–water partition coefficient (Wildman–Crippen LogP) is 1.83. The fraction of sp³-hybridized carbons (Fsp3) is 0.417. The summed E-state index contributed by atoms with van der Waals surface area (Å²) in [6.07, 6.45) is 0. The zero-order valence-corrected chi connectivity index (χ0v) is 12.6. The summed E-state index contributed by atoms with van der Waals surface area (Å²) in [4.78, 5) is 11.4. The summed E-state index contributed by atoms with van der Waals surface area (Å²) in [5.74, 6) is -0.606. The lowest BCUT2D eigenvalue weighted by Crippen LogP contribution is -2.36. The predicted molar refractivity (Wildman–Crippen MR) is 72.6 cm³/mol. The van der Waals surface area contributed by atoms with Gasteiger partial charge in [0.15, 0.2) is 0 Å². The highest BCUT2D eigenvalue weighted by molar-refractivity contribution is 7.89. The lowest BCUT2D eigenvalue weighted by molar-refractivity contribution is -0.140. The first kappa shape index (κ1) is 15.9. The van der Waals surface area contributed by atoms with Crippen LogP contribution in [0.5, 0.6) is 0 Å². The van der Waals surface area contributed by atoms with E-state index >= 15 is 0 Å². The van der Waals surface area contributed by atoms with Crippen molar-refractivity contribution in [2.75, 3.05) is 20.2 Å². The Morgan fingerprint density at radius 3 is 2.58 bits per heavy atom. The SMILES string of the molecule is CCN(CC(=O)OC)S(=O)(=O)c1cccc(Cl)c1C. The third-order valence-corrected chi connectivity index (χ3v) is 5.20. The maximum absolute atomic E-state index is 12.4. The molecule has 0 aliphatic heterocycles. The summed E-state index contributed by atoms with van der Waals surface area (Å²) in [6.45, 7) is 3.13. The van der Waals surface area contributed by atoms with Crippen LogP contribution in [0.2, 0.25) is 5.02 Å². The van der Waals surface area contributed by atoms with Crippen LogP contribution >= 0.6 is 11.6 Å². The summed E-state index contributed by atoms with van der Waals surface area (Å²) < 4.78 is 30.4.